The van der Waals surface area contributed by atoms with Gasteiger partial charge in [0, 0.05) is 20.2 Å². The minimum atomic E-state index is -0.881. The second kappa shape index (κ2) is 6.50. The molecule has 1 aliphatic rings. The van der Waals surface area contributed by atoms with E-state index in [9.17, 15) is 9.90 Å². The number of carboxylic acids is 1. The molecule has 0 aliphatic carbocycles. The molecule has 3 atom stereocenters. The number of likely N-dealkylation sites (tertiary alicyclic amines) is 1. The molecule has 0 aromatic rings. The smallest absolute Gasteiger partial charge is 0.324 e. The van der Waals surface area contributed by atoms with Crippen molar-refractivity contribution >= 4 is 5.97 Å². The van der Waals surface area contributed by atoms with Crippen molar-refractivity contribution in [3.63, 3.8) is 0 Å². The van der Waals surface area contributed by atoms with Gasteiger partial charge in [0.2, 0.25) is 0 Å². The fraction of sp³-hybridized carbons (Fsp3) is 0.923. The van der Waals surface area contributed by atoms with Crippen molar-refractivity contribution in [1.82, 2.24) is 10.2 Å². The minimum Gasteiger partial charge on any atom is -0.480 e. The number of likely N-dealkylation sites (N-methyl/N-ethyl adjacent to an activating group) is 1. The molecule has 0 amide bonds. The Bertz CT molecular complexity index is 285. The number of aliphatic carboxylic acids is 1. The lowest BCUT2D eigenvalue weighted by Crippen LogP contribution is -2.59. The summed E-state index contributed by atoms with van der Waals surface area (Å²) in [6, 6.07) is 0. The molecular formula is C13H26N2O3. The maximum absolute atomic E-state index is 11.4. The SMILES string of the molecule is CCNC(C)(CN1CCC(C)C(OC)C1)C(=O)O. The Labute approximate surface area is 109 Å². The standard InChI is InChI=1S/C13H26N2O3/c1-5-14-13(3,12(16)17)9-15-7-6-10(2)11(8-15)18-4/h10-11,14H,5-9H2,1-4H3,(H,16,17). The van der Waals surface area contributed by atoms with Gasteiger partial charge in [-0.15, -0.1) is 0 Å². The van der Waals surface area contributed by atoms with E-state index >= 15 is 0 Å². The lowest BCUT2D eigenvalue weighted by Gasteiger charge is -2.40. The summed E-state index contributed by atoms with van der Waals surface area (Å²) in [5, 5.41) is 12.4. The Kier molecular flexibility index (Phi) is 5.56. The van der Waals surface area contributed by atoms with Crippen LogP contribution in [0.1, 0.15) is 27.2 Å². The zero-order valence-electron chi connectivity index (χ0n) is 11.9. The first-order valence-corrected chi connectivity index (χ1v) is 6.66. The van der Waals surface area contributed by atoms with Crippen molar-refractivity contribution < 1.29 is 14.6 Å². The average Bonchev–Trinajstić information content (AvgIpc) is 2.31. The fourth-order valence-corrected chi connectivity index (χ4v) is 2.58. The van der Waals surface area contributed by atoms with E-state index in [0.29, 0.717) is 19.0 Å². The van der Waals surface area contributed by atoms with Gasteiger partial charge >= 0.3 is 5.97 Å². The van der Waals surface area contributed by atoms with Crippen LogP contribution in [0, 0.1) is 5.92 Å². The van der Waals surface area contributed by atoms with Crippen LogP contribution in [-0.2, 0) is 9.53 Å². The number of nitrogens with one attached hydrogen (secondary N) is 1. The number of rotatable bonds is 6. The lowest BCUT2D eigenvalue weighted by atomic mass is 9.93. The molecule has 2 N–H and O–H groups in total. The Hall–Kier alpha value is -0.650. The largest absolute Gasteiger partial charge is 0.480 e. The number of hydrogen-bond donors (Lipinski definition) is 2. The third-order valence-corrected chi connectivity index (χ3v) is 3.86. The van der Waals surface area contributed by atoms with Gasteiger partial charge in [0.05, 0.1) is 6.10 Å². The number of ether oxygens (including phenoxy) is 1. The molecular weight excluding hydrogens is 232 g/mol. The molecule has 1 heterocycles. The molecule has 5 nitrogen and oxygen atoms in total. The molecule has 0 radical (unpaired) electrons. The van der Waals surface area contributed by atoms with Gasteiger partial charge in [-0.2, -0.15) is 0 Å². The Morgan fingerprint density at radius 2 is 2.28 bits per heavy atom. The van der Waals surface area contributed by atoms with Gasteiger partial charge in [-0.05, 0) is 32.4 Å². The highest BCUT2D eigenvalue weighted by atomic mass is 16.5. The molecule has 5 heteroatoms. The Morgan fingerprint density at radius 3 is 2.78 bits per heavy atom. The van der Waals surface area contributed by atoms with Crippen LogP contribution in [0.3, 0.4) is 0 Å². The molecule has 1 aliphatic heterocycles. The summed E-state index contributed by atoms with van der Waals surface area (Å²) in [5.74, 6) is -0.251. The molecule has 0 aromatic heterocycles. The van der Waals surface area contributed by atoms with Crippen LogP contribution in [0.5, 0.6) is 0 Å². The summed E-state index contributed by atoms with van der Waals surface area (Å²) in [6.07, 6.45) is 1.26. The maximum atomic E-state index is 11.4. The first-order valence-electron chi connectivity index (χ1n) is 6.66. The second-order valence-electron chi connectivity index (χ2n) is 5.44. The predicted octanol–water partition coefficient (Wildman–Crippen LogP) is 0.796. The van der Waals surface area contributed by atoms with Crippen LogP contribution < -0.4 is 5.32 Å². The van der Waals surface area contributed by atoms with E-state index in [-0.39, 0.29) is 6.10 Å². The highest BCUT2D eigenvalue weighted by Crippen LogP contribution is 2.21. The van der Waals surface area contributed by atoms with Crippen LogP contribution in [-0.4, -0.2) is 60.9 Å². The van der Waals surface area contributed by atoms with Crippen molar-refractivity contribution in [3.8, 4) is 0 Å². The van der Waals surface area contributed by atoms with Gasteiger partial charge in [-0.25, -0.2) is 0 Å². The quantitative estimate of drug-likeness (QED) is 0.738. The van der Waals surface area contributed by atoms with Crippen LogP contribution >= 0.6 is 0 Å². The van der Waals surface area contributed by atoms with Crippen molar-refractivity contribution in [3.05, 3.63) is 0 Å². The lowest BCUT2D eigenvalue weighted by molar-refractivity contribution is -0.145. The van der Waals surface area contributed by atoms with Gasteiger partial charge in [0.15, 0.2) is 0 Å². The number of carboxylic acid groups (broad SMARTS) is 1. The highest BCUT2D eigenvalue weighted by Gasteiger charge is 2.36. The minimum absolute atomic E-state index is 0.207. The van der Waals surface area contributed by atoms with E-state index in [1.54, 1.807) is 14.0 Å². The summed E-state index contributed by atoms with van der Waals surface area (Å²) >= 11 is 0. The van der Waals surface area contributed by atoms with Crippen LogP contribution in [0.4, 0.5) is 0 Å². The fourth-order valence-electron chi connectivity index (χ4n) is 2.58. The Morgan fingerprint density at radius 1 is 1.61 bits per heavy atom. The van der Waals surface area contributed by atoms with Crippen LogP contribution in [0.25, 0.3) is 0 Å². The molecule has 0 aromatic carbocycles. The number of methoxy groups -OCH3 is 1. The average molecular weight is 258 g/mol. The number of hydrogen-bond acceptors (Lipinski definition) is 4. The number of carbonyl (C=O) groups is 1. The highest BCUT2D eigenvalue weighted by molar-refractivity contribution is 5.78. The van der Waals surface area contributed by atoms with Crippen molar-refractivity contribution in [2.75, 3.05) is 33.3 Å². The van der Waals surface area contributed by atoms with Crippen molar-refractivity contribution in [2.45, 2.75) is 38.8 Å². The van der Waals surface area contributed by atoms with Crippen molar-refractivity contribution in [2.24, 2.45) is 5.92 Å². The summed E-state index contributed by atoms with van der Waals surface area (Å²) in [6.45, 7) is 8.78. The summed E-state index contributed by atoms with van der Waals surface area (Å²) in [5.41, 5.74) is -0.881. The van der Waals surface area contributed by atoms with Gasteiger partial charge in [-0.1, -0.05) is 13.8 Å². The molecule has 1 fully saturated rings. The molecule has 0 spiro atoms. The zero-order valence-corrected chi connectivity index (χ0v) is 11.9. The van der Waals surface area contributed by atoms with E-state index in [1.165, 1.54) is 0 Å². The third-order valence-electron chi connectivity index (χ3n) is 3.86. The molecule has 1 saturated heterocycles. The number of nitrogens with zero attached hydrogens (tertiary/aromatic N) is 1. The van der Waals surface area contributed by atoms with Gasteiger partial charge in [0.25, 0.3) is 0 Å². The molecule has 0 saturated carbocycles. The van der Waals surface area contributed by atoms with E-state index in [1.807, 2.05) is 6.92 Å². The predicted molar refractivity (Wildman–Crippen MR) is 70.7 cm³/mol. The molecule has 1 rings (SSSR count). The summed E-state index contributed by atoms with van der Waals surface area (Å²) < 4.78 is 5.46. The first-order chi connectivity index (χ1) is 8.42. The monoisotopic (exact) mass is 258 g/mol. The number of piperidine rings is 1. The molecule has 0 bridgehead atoms. The first kappa shape index (κ1) is 15.4. The molecule has 18 heavy (non-hydrogen) atoms. The van der Waals surface area contributed by atoms with Gasteiger partial charge in [-0.3, -0.25) is 9.69 Å². The van der Waals surface area contributed by atoms with Gasteiger partial charge < -0.3 is 15.2 Å². The second-order valence-corrected chi connectivity index (χ2v) is 5.44. The van der Waals surface area contributed by atoms with Crippen LogP contribution in [0.2, 0.25) is 0 Å². The van der Waals surface area contributed by atoms with Crippen molar-refractivity contribution in [1.29, 1.82) is 0 Å². The topological polar surface area (TPSA) is 61.8 Å². The zero-order chi connectivity index (χ0) is 13.8. The van der Waals surface area contributed by atoms with Gasteiger partial charge in [0.1, 0.15) is 5.54 Å². The van der Waals surface area contributed by atoms with E-state index < -0.39 is 11.5 Å². The molecule has 3 unspecified atom stereocenters. The van der Waals surface area contributed by atoms with E-state index in [2.05, 4.69) is 17.1 Å². The third kappa shape index (κ3) is 3.67. The summed E-state index contributed by atoms with van der Waals surface area (Å²) in [7, 11) is 1.73. The normalized spacial score (nSPS) is 28.9. The van der Waals surface area contributed by atoms with Crippen LogP contribution in [0.15, 0.2) is 0 Å². The molecule has 106 valence electrons. The van der Waals surface area contributed by atoms with E-state index in [4.69, 9.17) is 4.74 Å². The Balaban J connectivity index is 2.62. The summed E-state index contributed by atoms with van der Waals surface area (Å²) in [4.78, 5) is 13.6. The maximum Gasteiger partial charge on any atom is 0.324 e. The van der Waals surface area contributed by atoms with E-state index in [0.717, 1.165) is 19.5 Å².